The Balaban J connectivity index is 2.21. The summed E-state index contributed by atoms with van der Waals surface area (Å²) in [6, 6.07) is 0.748. The molecule has 0 aromatic heterocycles. The second-order valence-electron chi connectivity index (χ2n) is 6.98. The third-order valence-corrected chi connectivity index (χ3v) is 3.95. The van der Waals surface area contributed by atoms with Crippen LogP contribution in [0.3, 0.4) is 0 Å². The van der Waals surface area contributed by atoms with E-state index in [0.717, 1.165) is 25.6 Å². The molecule has 3 heteroatoms. The average molecular weight is 270 g/mol. The van der Waals surface area contributed by atoms with Crippen LogP contribution in [-0.2, 0) is 4.74 Å². The number of nitrogens with zero attached hydrogens (tertiary/aromatic N) is 1. The third-order valence-electron chi connectivity index (χ3n) is 3.95. The van der Waals surface area contributed by atoms with Gasteiger partial charge in [0.2, 0.25) is 0 Å². The van der Waals surface area contributed by atoms with Crippen molar-refractivity contribution in [3.63, 3.8) is 0 Å². The largest absolute Gasteiger partial charge is 0.377 e. The number of nitrogens with one attached hydrogen (secondary N) is 1. The van der Waals surface area contributed by atoms with Gasteiger partial charge in [0.15, 0.2) is 0 Å². The molecule has 0 radical (unpaired) electrons. The van der Waals surface area contributed by atoms with Gasteiger partial charge < -0.3 is 15.0 Å². The summed E-state index contributed by atoms with van der Waals surface area (Å²) in [5, 5.41) is 3.56. The third kappa shape index (κ3) is 7.28. The van der Waals surface area contributed by atoms with Crippen LogP contribution in [0.4, 0.5) is 0 Å². The lowest BCUT2D eigenvalue weighted by atomic mass is 10.1. The normalized spacial score (nSPS) is 22.9. The molecule has 1 heterocycles. The van der Waals surface area contributed by atoms with Gasteiger partial charge in [-0.05, 0) is 60.0 Å². The Morgan fingerprint density at radius 2 is 2.11 bits per heavy atom. The number of hydrogen-bond donors (Lipinski definition) is 1. The summed E-state index contributed by atoms with van der Waals surface area (Å²) in [5.41, 5.74) is 0.182. The predicted octanol–water partition coefficient (Wildman–Crippen LogP) is 3.04. The van der Waals surface area contributed by atoms with Gasteiger partial charge in [0, 0.05) is 24.7 Å². The fraction of sp³-hybridized carbons (Fsp3) is 1.00. The minimum absolute atomic E-state index is 0.182. The number of hydrogen-bond acceptors (Lipinski definition) is 3. The Hall–Kier alpha value is -0.120. The van der Waals surface area contributed by atoms with E-state index in [1.54, 1.807) is 0 Å². The molecule has 2 unspecified atom stereocenters. The molecule has 114 valence electrons. The minimum atomic E-state index is 0.182. The highest BCUT2D eigenvalue weighted by atomic mass is 16.5. The first kappa shape index (κ1) is 16.9. The molecule has 0 aromatic carbocycles. The van der Waals surface area contributed by atoms with Crippen LogP contribution >= 0.6 is 0 Å². The van der Waals surface area contributed by atoms with E-state index in [4.69, 9.17) is 4.74 Å². The highest BCUT2D eigenvalue weighted by Gasteiger charge is 2.21. The second kappa shape index (κ2) is 8.23. The summed E-state index contributed by atoms with van der Waals surface area (Å²) in [6.45, 7) is 12.0. The van der Waals surface area contributed by atoms with Gasteiger partial charge in [-0.1, -0.05) is 13.3 Å². The van der Waals surface area contributed by atoms with Gasteiger partial charge in [0.25, 0.3) is 0 Å². The number of rotatable bonds is 8. The van der Waals surface area contributed by atoms with Crippen molar-refractivity contribution in [3.05, 3.63) is 0 Å². The molecule has 0 spiro atoms. The Morgan fingerprint density at radius 1 is 1.37 bits per heavy atom. The molecule has 0 saturated carbocycles. The van der Waals surface area contributed by atoms with Gasteiger partial charge in [-0.25, -0.2) is 0 Å². The van der Waals surface area contributed by atoms with E-state index in [1.165, 1.54) is 32.2 Å². The Kier molecular flexibility index (Phi) is 7.33. The van der Waals surface area contributed by atoms with Crippen molar-refractivity contribution in [1.29, 1.82) is 0 Å². The molecule has 1 rings (SSSR count). The summed E-state index contributed by atoms with van der Waals surface area (Å²) in [7, 11) is 2.24. The number of ether oxygens (including phenoxy) is 1. The maximum atomic E-state index is 6.10. The molecule has 19 heavy (non-hydrogen) atoms. The quantitative estimate of drug-likeness (QED) is 0.733. The van der Waals surface area contributed by atoms with Crippen molar-refractivity contribution >= 4 is 0 Å². The van der Waals surface area contributed by atoms with Crippen molar-refractivity contribution in [1.82, 2.24) is 10.2 Å². The van der Waals surface area contributed by atoms with Gasteiger partial charge in [0.05, 0.1) is 6.10 Å². The van der Waals surface area contributed by atoms with Crippen molar-refractivity contribution < 1.29 is 4.74 Å². The molecule has 0 bridgehead atoms. The minimum Gasteiger partial charge on any atom is -0.377 e. The molecule has 3 nitrogen and oxygen atoms in total. The molecule has 0 aliphatic carbocycles. The van der Waals surface area contributed by atoms with Crippen molar-refractivity contribution in [2.75, 3.05) is 26.7 Å². The van der Waals surface area contributed by atoms with E-state index in [1.807, 2.05) is 0 Å². The fourth-order valence-corrected chi connectivity index (χ4v) is 2.70. The van der Waals surface area contributed by atoms with Crippen LogP contribution in [0.15, 0.2) is 0 Å². The van der Waals surface area contributed by atoms with Crippen LogP contribution in [0.5, 0.6) is 0 Å². The van der Waals surface area contributed by atoms with Crippen molar-refractivity contribution in [2.45, 2.75) is 77.5 Å². The van der Waals surface area contributed by atoms with Crippen molar-refractivity contribution in [2.24, 2.45) is 0 Å². The Bertz CT molecular complexity index is 237. The average Bonchev–Trinajstić information content (AvgIpc) is 2.71. The Labute approximate surface area is 120 Å². The van der Waals surface area contributed by atoms with Crippen LogP contribution in [0.2, 0.25) is 0 Å². The summed E-state index contributed by atoms with van der Waals surface area (Å²) in [6.07, 6.45) is 6.61. The van der Waals surface area contributed by atoms with Gasteiger partial charge in [-0.2, -0.15) is 0 Å². The standard InChI is InChI=1S/C16H34N2O/c1-6-8-15(13-17-16(2,3)4)19-12-10-14-9-7-11-18(14)5/h14-15,17H,6-13H2,1-5H3. The van der Waals surface area contributed by atoms with Gasteiger partial charge >= 0.3 is 0 Å². The molecular weight excluding hydrogens is 236 g/mol. The maximum Gasteiger partial charge on any atom is 0.0699 e. The monoisotopic (exact) mass is 270 g/mol. The fourth-order valence-electron chi connectivity index (χ4n) is 2.70. The predicted molar refractivity (Wildman–Crippen MR) is 82.7 cm³/mol. The zero-order chi connectivity index (χ0) is 14.3. The van der Waals surface area contributed by atoms with E-state index < -0.39 is 0 Å². The molecule has 1 aliphatic rings. The smallest absolute Gasteiger partial charge is 0.0699 e. The molecule has 1 N–H and O–H groups in total. The molecule has 0 amide bonds. The lowest BCUT2D eigenvalue weighted by molar-refractivity contribution is 0.0331. The van der Waals surface area contributed by atoms with Gasteiger partial charge in [0.1, 0.15) is 0 Å². The molecule has 2 atom stereocenters. The van der Waals surface area contributed by atoms with Gasteiger partial charge in [-0.15, -0.1) is 0 Å². The molecule has 0 aromatic rings. The SMILES string of the molecule is CCCC(CNC(C)(C)C)OCCC1CCCN1C. The van der Waals surface area contributed by atoms with Crippen LogP contribution in [0.25, 0.3) is 0 Å². The summed E-state index contributed by atoms with van der Waals surface area (Å²) in [5.74, 6) is 0. The van der Waals surface area contributed by atoms with Crippen LogP contribution in [0, 0.1) is 0 Å². The van der Waals surface area contributed by atoms with E-state index in [0.29, 0.717) is 6.10 Å². The van der Waals surface area contributed by atoms with E-state index >= 15 is 0 Å². The summed E-state index contributed by atoms with van der Waals surface area (Å²) >= 11 is 0. The molecule has 1 fully saturated rings. The van der Waals surface area contributed by atoms with Crippen LogP contribution in [-0.4, -0.2) is 49.3 Å². The lowest BCUT2D eigenvalue weighted by Crippen LogP contribution is -2.42. The number of likely N-dealkylation sites (tertiary alicyclic amines) is 1. The zero-order valence-corrected chi connectivity index (χ0v) is 13.7. The first-order valence-corrected chi connectivity index (χ1v) is 7.99. The zero-order valence-electron chi connectivity index (χ0n) is 13.7. The highest BCUT2D eigenvalue weighted by Crippen LogP contribution is 2.18. The topological polar surface area (TPSA) is 24.5 Å². The van der Waals surface area contributed by atoms with Crippen LogP contribution in [0.1, 0.15) is 59.8 Å². The summed E-state index contributed by atoms with van der Waals surface area (Å²) < 4.78 is 6.10. The first-order valence-electron chi connectivity index (χ1n) is 7.99. The second-order valence-corrected chi connectivity index (χ2v) is 6.98. The summed E-state index contributed by atoms with van der Waals surface area (Å²) in [4.78, 5) is 2.48. The maximum absolute atomic E-state index is 6.10. The molecular formula is C16H34N2O. The van der Waals surface area contributed by atoms with Gasteiger partial charge in [-0.3, -0.25) is 0 Å². The lowest BCUT2D eigenvalue weighted by Gasteiger charge is -2.26. The molecule has 1 saturated heterocycles. The molecule has 1 aliphatic heterocycles. The van der Waals surface area contributed by atoms with E-state index in [9.17, 15) is 0 Å². The Morgan fingerprint density at radius 3 is 2.63 bits per heavy atom. The van der Waals surface area contributed by atoms with E-state index in [2.05, 4.69) is 45.0 Å². The van der Waals surface area contributed by atoms with Crippen LogP contribution < -0.4 is 5.32 Å². The first-order chi connectivity index (χ1) is 8.92. The van der Waals surface area contributed by atoms with E-state index in [-0.39, 0.29) is 5.54 Å². The highest BCUT2D eigenvalue weighted by molar-refractivity contribution is 4.77. The van der Waals surface area contributed by atoms with Crippen molar-refractivity contribution in [3.8, 4) is 0 Å².